The zero-order valence-electron chi connectivity index (χ0n) is 28.8. The number of aromatic nitrogens is 5. The van der Waals surface area contributed by atoms with Gasteiger partial charge in [0.05, 0.1) is 27.8 Å². The van der Waals surface area contributed by atoms with Crippen molar-refractivity contribution in [2.24, 2.45) is 5.73 Å². The SMILES string of the molecule is N[C@@]1(OC(=O)c2cccnc2)[C@](O)(OC(=O)c2cccnc2)O[C@](CO)(OC(=O)c2cccnc2)[C@](O)(OC(=O)c2cccnc2)[C@@]1(O)OC(=O)c1cccnc1. The molecule has 6 rings (SSSR count). The van der Waals surface area contributed by atoms with E-state index in [1.807, 2.05) is 0 Å². The number of hydrogen-bond donors (Lipinski definition) is 5. The van der Waals surface area contributed by atoms with Crippen LogP contribution < -0.4 is 5.73 Å². The summed E-state index contributed by atoms with van der Waals surface area (Å²) in [5.74, 6) is -25.8. The Morgan fingerprint density at radius 1 is 0.509 bits per heavy atom. The lowest BCUT2D eigenvalue weighted by Gasteiger charge is -2.61. The number of rotatable bonds is 11. The molecule has 6 heterocycles. The first-order valence-electron chi connectivity index (χ1n) is 16.2. The van der Waals surface area contributed by atoms with Gasteiger partial charge in [0.25, 0.3) is 0 Å². The van der Waals surface area contributed by atoms with E-state index >= 15 is 0 Å². The molecule has 21 heteroatoms. The highest BCUT2D eigenvalue weighted by molar-refractivity contribution is 5.93. The van der Waals surface area contributed by atoms with Gasteiger partial charge in [0.15, 0.2) is 0 Å². The van der Waals surface area contributed by atoms with Crippen LogP contribution in [-0.4, -0.2) is 111 Å². The molecule has 5 atom stereocenters. The highest BCUT2D eigenvalue weighted by Gasteiger charge is 2.91. The Balaban J connectivity index is 1.65. The van der Waals surface area contributed by atoms with E-state index in [2.05, 4.69) is 24.9 Å². The minimum absolute atomic E-state index is 0.464. The number of ether oxygens (including phenoxy) is 6. The van der Waals surface area contributed by atoms with Crippen LogP contribution in [-0.2, 0) is 28.4 Å². The molecule has 0 aliphatic carbocycles. The first-order valence-corrected chi connectivity index (χ1v) is 16.2. The summed E-state index contributed by atoms with van der Waals surface area (Å²) in [6, 6.07) is 11.6. The quantitative estimate of drug-likeness (QED) is 0.0649. The average molecular weight is 785 g/mol. The van der Waals surface area contributed by atoms with E-state index in [1.165, 1.54) is 61.3 Å². The molecule has 5 aromatic heterocycles. The molecule has 0 bridgehead atoms. The van der Waals surface area contributed by atoms with Crippen molar-refractivity contribution in [3.05, 3.63) is 150 Å². The molecule has 0 saturated carbocycles. The molecule has 6 N–H and O–H groups in total. The van der Waals surface area contributed by atoms with Crippen LogP contribution in [0.3, 0.4) is 0 Å². The van der Waals surface area contributed by atoms with Gasteiger partial charge in [0, 0.05) is 62.0 Å². The summed E-state index contributed by atoms with van der Waals surface area (Å²) in [6.07, 6.45) is 10.7. The largest absolute Gasteiger partial charge is 0.423 e. The highest BCUT2D eigenvalue weighted by atomic mass is 16.9. The summed E-state index contributed by atoms with van der Waals surface area (Å²) in [6.45, 7) is -1.98. The van der Waals surface area contributed by atoms with Crippen molar-refractivity contribution in [2.75, 3.05) is 6.61 Å². The third kappa shape index (κ3) is 7.11. The van der Waals surface area contributed by atoms with E-state index in [4.69, 9.17) is 34.2 Å². The Kier molecular flexibility index (Phi) is 10.8. The summed E-state index contributed by atoms with van der Waals surface area (Å²) in [5.41, 5.74) is -0.225. The van der Waals surface area contributed by atoms with Gasteiger partial charge < -0.3 is 44.1 Å². The molecule has 1 saturated heterocycles. The molecule has 0 radical (unpaired) electrons. The van der Waals surface area contributed by atoms with Crippen molar-refractivity contribution < 1.29 is 72.8 Å². The summed E-state index contributed by atoms with van der Waals surface area (Å²) in [7, 11) is 0. The van der Waals surface area contributed by atoms with Gasteiger partial charge in [-0.05, 0) is 60.7 Å². The minimum Gasteiger partial charge on any atom is -0.423 e. The van der Waals surface area contributed by atoms with Gasteiger partial charge in [0.2, 0.25) is 0 Å². The molecule has 1 fully saturated rings. The summed E-state index contributed by atoms with van der Waals surface area (Å²) in [5, 5.41) is 49.2. The van der Waals surface area contributed by atoms with Crippen molar-refractivity contribution in [1.82, 2.24) is 24.9 Å². The Hall–Kier alpha value is -7.14. The van der Waals surface area contributed by atoms with E-state index in [9.17, 15) is 44.4 Å². The first-order chi connectivity index (χ1) is 27.2. The zero-order chi connectivity index (χ0) is 40.9. The molecular weight excluding hydrogens is 756 g/mol. The third-order valence-electron chi connectivity index (χ3n) is 8.17. The van der Waals surface area contributed by atoms with Crippen LogP contribution in [0.5, 0.6) is 0 Å². The normalized spacial score (nSPS) is 25.3. The van der Waals surface area contributed by atoms with Crippen molar-refractivity contribution in [3.8, 4) is 0 Å². The second kappa shape index (κ2) is 15.5. The fourth-order valence-electron chi connectivity index (χ4n) is 5.28. The third-order valence-corrected chi connectivity index (χ3v) is 8.17. The molecule has 1 aliphatic rings. The molecule has 0 aromatic carbocycles. The number of aliphatic hydroxyl groups excluding tert-OH is 1. The lowest BCUT2D eigenvalue weighted by Crippen LogP contribution is -2.93. The van der Waals surface area contributed by atoms with Crippen molar-refractivity contribution >= 4 is 29.8 Å². The Morgan fingerprint density at radius 2 is 0.825 bits per heavy atom. The van der Waals surface area contributed by atoms with Gasteiger partial charge in [-0.3, -0.25) is 35.4 Å². The highest BCUT2D eigenvalue weighted by Crippen LogP contribution is 2.55. The van der Waals surface area contributed by atoms with Crippen LogP contribution in [0.1, 0.15) is 51.8 Å². The lowest BCUT2D eigenvalue weighted by atomic mass is 9.81. The summed E-state index contributed by atoms with van der Waals surface area (Å²) < 4.78 is 32.2. The Labute approximate surface area is 319 Å². The lowest BCUT2D eigenvalue weighted by molar-refractivity contribution is -0.598. The number of nitrogens with zero attached hydrogens (tertiary/aromatic N) is 5. The molecular formula is C36H28N6O15. The molecule has 21 nitrogen and oxygen atoms in total. The summed E-state index contributed by atoms with van der Waals surface area (Å²) in [4.78, 5) is 87.7. The number of nitrogens with two attached hydrogens (primary N) is 1. The fourth-order valence-corrected chi connectivity index (χ4v) is 5.28. The maximum Gasteiger partial charge on any atom is 0.395 e. The molecule has 0 unspecified atom stereocenters. The fraction of sp³-hybridized carbons (Fsp3) is 0.167. The molecule has 5 aromatic rings. The number of carbonyl (C=O) groups excluding carboxylic acids is 5. The van der Waals surface area contributed by atoms with Gasteiger partial charge >= 0.3 is 58.9 Å². The second-order valence-electron chi connectivity index (χ2n) is 11.8. The van der Waals surface area contributed by atoms with Crippen LogP contribution in [0.4, 0.5) is 0 Å². The zero-order valence-corrected chi connectivity index (χ0v) is 28.8. The van der Waals surface area contributed by atoms with Gasteiger partial charge in [-0.25, -0.2) is 24.0 Å². The molecule has 0 spiro atoms. The Morgan fingerprint density at radius 3 is 1.16 bits per heavy atom. The molecule has 0 amide bonds. The second-order valence-corrected chi connectivity index (χ2v) is 11.8. The van der Waals surface area contributed by atoms with Crippen molar-refractivity contribution in [2.45, 2.75) is 29.1 Å². The van der Waals surface area contributed by atoms with Gasteiger partial charge in [-0.1, -0.05) is 0 Å². The Bertz CT molecular complexity index is 2270. The van der Waals surface area contributed by atoms with Crippen LogP contribution in [0, 0.1) is 0 Å². The van der Waals surface area contributed by atoms with Crippen molar-refractivity contribution in [1.29, 1.82) is 0 Å². The topological polar surface area (TPSA) is 312 Å². The number of esters is 5. The molecule has 57 heavy (non-hydrogen) atoms. The van der Waals surface area contributed by atoms with E-state index in [1.54, 1.807) is 0 Å². The van der Waals surface area contributed by atoms with Gasteiger partial charge in [0.1, 0.15) is 6.61 Å². The first kappa shape index (κ1) is 39.6. The summed E-state index contributed by atoms with van der Waals surface area (Å²) >= 11 is 0. The van der Waals surface area contributed by atoms with Crippen molar-refractivity contribution in [3.63, 3.8) is 0 Å². The van der Waals surface area contributed by atoms with Crippen LogP contribution in [0.2, 0.25) is 0 Å². The number of hydrogen-bond acceptors (Lipinski definition) is 21. The molecule has 1 aliphatic heterocycles. The monoisotopic (exact) mass is 784 g/mol. The molecule has 292 valence electrons. The number of pyridine rings is 5. The van der Waals surface area contributed by atoms with Gasteiger partial charge in [-0.15, -0.1) is 0 Å². The smallest absolute Gasteiger partial charge is 0.395 e. The number of aliphatic hydroxyl groups is 4. The van der Waals surface area contributed by atoms with Crippen LogP contribution >= 0.6 is 0 Å². The van der Waals surface area contributed by atoms with Crippen LogP contribution in [0.25, 0.3) is 0 Å². The minimum atomic E-state index is -4.62. The predicted octanol–water partition coefficient (Wildman–Crippen LogP) is -0.357. The average Bonchev–Trinajstić information content (AvgIpc) is 3.24. The van der Waals surface area contributed by atoms with E-state index in [0.29, 0.717) is 0 Å². The van der Waals surface area contributed by atoms with E-state index in [-0.39, 0.29) is 0 Å². The maximum absolute atomic E-state index is 13.9. The maximum atomic E-state index is 13.9. The predicted molar refractivity (Wildman–Crippen MR) is 181 cm³/mol. The van der Waals surface area contributed by atoms with Crippen LogP contribution in [0.15, 0.2) is 123 Å². The van der Waals surface area contributed by atoms with E-state index < -0.39 is 93.3 Å². The van der Waals surface area contributed by atoms with E-state index in [0.717, 1.165) is 61.3 Å². The van der Waals surface area contributed by atoms with Gasteiger partial charge in [-0.2, -0.15) is 0 Å². The standard InChI is InChI=1S/C36H28N6O15/c37-33(53-28(45)23-7-2-12-39-17-23)35(50,55-30(47)25-9-4-14-41-19-25)34(49,54-29(46)24-8-3-13-40-18-24)32(21-43,52-27(44)22-6-1-11-38-16-22)57-36(33,51)56-31(48)26-10-5-15-42-20-26/h1-20,43,49-51H,21,37H2/t32-,33-,34-,35-,36-/m0/s1. The number of carbonyl (C=O) groups is 5.